The Morgan fingerprint density at radius 1 is 1.12 bits per heavy atom. The zero-order valence-corrected chi connectivity index (χ0v) is 18.6. The summed E-state index contributed by atoms with van der Waals surface area (Å²) in [5, 5.41) is 30.9. The van der Waals surface area contributed by atoms with E-state index in [1.165, 1.54) is 38.5 Å². The van der Waals surface area contributed by atoms with Crippen molar-refractivity contribution in [3.8, 4) is 5.75 Å². The summed E-state index contributed by atoms with van der Waals surface area (Å²) in [5.74, 6) is 2.77. The summed E-state index contributed by atoms with van der Waals surface area (Å²) < 4.78 is 2.17. The maximum absolute atomic E-state index is 12.4. The summed E-state index contributed by atoms with van der Waals surface area (Å²) in [6, 6.07) is 6.50. The number of benzene rings is 1. The molecule has 0 radical (unpaired) electrons. The topological polar surface area (TPSA) is 100 Å². The summed E-state index contributed by atoms with van der Waals surface area (Å²) in [6.45, 7) is -0.119. The normalized spacial score (nSPS) is 29.2. The second kappa shape index (κ2) is 8.85. The lowest BCUT2D eigenvalue weighted by atomic mass is 9.53. The van der Waals surface area contributed by atoms with Crippen LogP contribution in [0.2, 0.25) is 0 Å². The standard InChI is InChI=1S/C25H34N4O3/c30-16-22(11-17-4-6-23(31)7-5-17)26-24(32)3-1-2-21-15-29(28-27-21)25-12-18-8-19(13-25)10-20(9-18)14-25/h4-7,15,18-20,22,30-31H,1-3,8-14,16H2,(H,26,32)/t18?,19?,20?,22-,25?/m0/s1. The lowest BCUT2D eigenvalue weighted by Crippen LogP contribution is -2.52. The predicted octanol–water partition coefficient (Wildman–Crippen LogP) is 2.95. The second-order valence-corrected chi connectivity index (χ2v) is 10.5. The number of phenolic OH excluding ortho intramolecular Hbond substituents is 1. The van der Waals surface area contributed by atoms with Gasteiger partial charge in [-0.2, -0.15) is 0 Å². The Morgan fingerprint density at radius 3 is 2.41 bits per heavy atom. The van der Waals surface area contributed by atoms with E-state index in [9.17, 15) is 15.0 Å². The number of hydrogen-bond acceptors (Lipinski definition) is 5. The molecule has 7 heteroatoms. The van der Waals surface area contributed by atoms with Crippen LogP contribution < -0.4 is 5.32 Å². The van der Waals surface area contributed by atoms with Crippen LogP contribution in [0, 0.1) is 17.8 Å². The van der Waals surface area contributed by atoms with Crippen molar-refractivity contribution in [2.45, 2.75) is 75.8 Å². The average molecular weight is 439 g/mol. The van der Waals surface area contributed by atoms with Crippen LogP contribution in [0.5, 0.6) is 5.75 Å². The highest BCUT2D eigenvalue weighted by Gasteiger charge is 2.52. The molecule has 4 saturated carbocycles. The Hall–Kier alpha value is -2.41. The van der Waals surface area contributed by atoms with Gasteiger partial charge >= 0.3 is 0 Å². The zero-order valence-electron chi connectivity index (χ0n) is 18.6. The van der Waals surface area contributed by atoms with Crippen LogP contribution in [0.25, 0.3) is 0 Å². The van der Waals surface area contributed by atoms with Crippen LogP contribution in [-0.2, 0) is 23.2 Å². The number of nitrogens with one attached hydrogen (secondary N) is 1. The molecule has 1 heterocycles. The van der Waals surface area contributed by atoms with E-state index in [2.05, 4.69) is 26.5 Å². The number of rotatable bonds is 9. The number of aromatic nitrogens is 3. The third kappa shape index (κ3) is 4.53. The van der Waals surface area contributed by atoms with Gasteiger partial charge in [0.1, 0.15) is 5.75 Å². The van der Waals surface area contributed by atoms with E-state index in [1.807, 2.05) is 0 Å². The zero-order chi connectivity index (χ0) is 22.1. The minimum atomic E-state index is -0.330. The Labute approximate surface area is 189 Å². The summed E-state index contributed by atoms with van der Waals surface area (Å²) in [4.78, 5) is 12.4. The number of hydrogen-bond donors (Lipinski definition) is 3. The minimum Gasteiger partial charge on any atom is -0.508 e. The fraction of sp³-hybridized carbons (Fsp3) is 0.640. The van der Waals surface area contributed by atoms with Crippen LogP contribution in [0.15, 0.2) is 30.5 Å². The van der Waals surface area contributed by atoms with Crippen molar-refractivity contribution in [3.63, 3.8) is 0 Å². The number of phenols is 1. The van der Waals surface area contributed by atoms with Crippen LogP contribution in [0.1, 0.15) is 62.6 Å². The van der Waals surface area contributed by atoms with E-state index in [-0.39, 0.29) is 29.8 Å². The number of carbonyl (C=O) groups is 1. The molecule has 4 bridgehead atoms. The van der Waals surface area contributed by atoms with Crippen LogP contribution in [0.3, 0.4) is 0 Å². The van der Waals surface area contributed by atoms with Gasteiger partial charge < -0.3 is 15.5 Å². The average Bonchev–Trinajstić information content (AvgIpc) is 3.24. The molecule has 1 aromatic carbocycles. The number of aliphatic hydroxyl groups is 1. The molecule has 1 amide bonds. The highest BCUT2D eigenvalue weighted by atomic mass is 16.3. The third-order valence-electron chi connectivity index (χ3n) is 7.87. The maximum atomic E-state index is 12.4. The van der Waals surface area contributed by atoms with E-state index < -0.39 is 0 Å². The highest BCUT2D eigenvalue weighted by Crippen LogP contribution is 2.58. The van der Waals surface area contributed by atoms with Gasteiger partial charge in [0.2, 0.25) is 5.91 Å². The van der Waals surface area contributed by atoms with Crippen molar-refractivity contribution >= 4 is 5.91 Å². The molecule has 0 spiro atoms. The lowest BCUT2D eigenvalue weighted by Gasteiger charge is -2.56. The minimum absolute atomic E-state index is 0.0590. The lowest BCUT2D eigenvalue weighted by molar-refractivity contribution is -0.122. The first kappa shape index (κ1) is 21.4. The van der Waals surface area contributed by atoms with Crippen molar-refractivity contribution in [1.29, 1.82) is 0 Å². The van der Waals surface area contributed by atoms with Gasteiger partial charge in [0, 0.05) is 12.6 Å². The molecule has 1 aromatic heterocycles. The molecule has 4 aliphatic rings. The van der Waals surface area contributed by atoms with E-state index in [0.29, 0.717) is 19.3 Å². The fourth-order valence-electron chi connectivity index (χ4n) is 6.80. The van der Waals surface area contributed by atoms with Crippen molar-refractivity contribution in [1.82, 2.24) is 20.3 Å². The van der Waals surface area contributed by atoms with Gasteiger partial charge in [0.05, 0.1) is 23.9 Å². The van der Waals surface area contributed by atoms with Gasteiger partial charge in [-0.25, -0.2) is 4.68 Å². The maximum Gasteiger partial charge on any atom is 0.220 e. The van der Waals surface area contributed by atoms with Gasteiger partial charge in [0.25, 0.3) is 0 Å². The number of carbonyl (C=O) groups excluding carboxylic acids is 1. The summed E-state index contributed by atoms with van der Waals surface area (Å²) in [6.07, 6.45) is 12.5. The fourth-order valence-corrected chi connectivity index (χ4v) is 6.80. The van der Waals surface area contributed by atoms with Gasteiger partial charge in [-0.1, -0.05) is 17.3 Å². The highest BCUT2D eigenvalue weighted by molar-refractivity contribution is 5.76. The SMILES string of the molecule is O=C(CCCc1cn(C23CC4CC(CC(C4)C2)C3)nn1)N[C@H](CO)Cc1ccc(O)cc1. The van der Waals surface area contributed by atoms with Crippen molar-refractivity contribution in [3.05, 3.63) is 41.7 Å². The molecule has 7 nitrogen and oxygen atoms in total. The quantitative estimate of drug-likeness (QED) is 0.559. The van der Waals surface area contributed by atoms with E-state index in [0.717, 1.165) is 35.4 Å². The van der Waals surface area contributed by atoms with Crippen molar-refractivity contribution in [2.75, 3.05) is 6.61 Å². The monoisotopic (exact) mass is 438 g/mol. The Bertz CT molecular complexity index is 904. The Morgan fingerprint density at radius 2 is 1.78 bits per heavy atom. The molecule has 1 atom stereocenters. The van der Waals surface area contributed by atoms with Gasteiger partial charge in [0.15, 0.2) is 0 Å². The van der Waals surface area contributed by atoms with Crippen LogP contribution in [-0.4, -0.2) is 43.8 Å². The van der Waals surface area contributed by atoms with Crippen LogP contribution >= 0.6 is 0 Å². The molecule has 0 aliphatic heterocycles. The first-order valence-corrected chi connectivity index (χ1v) is 12.1. The molecule has 6 rings (SSSR count). The van der Waals surface area contributed by atoms with Crippen LogP contribution in [0.4, 0.5) is 0 Å². The number of aryl methyl sites for hydroxylation is 1. The molecule has 172 valence electrons. The Kier molecular flexibility index (Phi) is 5.93. The molecular formula is C25H34N4O3. The van der Waals surface area contributed by atoms with Crippen molar-refractivity contribution < 1.29 is 15.0 Å². The van der Waals surface area contributed by atoms with Gasteiger partial charge in [-0.15, -0.1) is 5.10 Å². The molecule has 3 N–H and O–H groups in total. The largest absolute Gasteiger partial charge is 0.508 e. The summed E-state index contributed by atoms with van der Waals surface area (Å²) in [5.41, 5.74) is 2.12. The molecule has 32 heavy (non-hydrogen) atoms. The van der Waals surface area contributed by atoms with E-state index in [4.69, 9.17) is 0 Å². The first-order chi connectivity index (χ1) is 15.5. The first-order valence-electron chi connectivity index (χ1n) is 12.1. The smallest absolute Gasteiger partial charge is 0.220 e. The van der Waals surface area contributed by atoms with Gasteiger partial charge in [-0.3, -0.25) is 4.79 Å². The third-order valence-corrected chi connectivity index (χ3v) is 7.87. The molecule has 0 unspecified atom stereocenters. The summed E-state index contributed by atoms with van der Waals surface area (Å²) >= 11 is 0. The molecule has 4 fully saturated rings. The number of aromatic hydroxyl groups is 1. The van der Waals surface area contributed by atoms with E-state index in [1.54, 1.807) is 24.3 Å². The molecule has 2 aromatic rings. The predicted molar refractivity (Wildman–Crippen MR) is 120 cm³/mol. The number of aliphatic hydroxyl groups excluding tert-OH is 1. The number of nitrogens with zero attached hydrogens (tertiary/aromatic N) is 3. The molecular weight excluding hydrogens is 404 g/mol. The Balaban J connectivity index is 1.10. The number of amides is 1. The van der Waals surface area contributed by atoms with E-state index >= 15 is 0 Å². The molecule has 4 aliphatic carbocycles. The molecule has 0 saturated heterocycles. The van der Waals surface area contributed by atoms with Gasteiger partial charge in [-0.05, 0) is 93.2 Å². The second-order valence-electron chi connectivity index (χ2n) is 10.5. The summed E-state index contributed by atoms with van der Waals surface area (Å²) in [7, 11) is 0. The van der Waals surface area contributed by atoms with Crippen molar-refractivity contribution in [2.24, 2.45) is 17.8 Å².